The van der Waals surface area contributed by atoms with E-state index in [2.05, 4.69) is 21.3 Å². The molecule has 4 heterocycles. The van der Waals surface area contributed by atoms with Crippen LogP contribution in [0, 0.1) is 23.7 Å². The van der Waals surface area contributed by atoms with E-state index in [4.69, 9.17) is 0 Å². The Balaban J connectivity index is 0.836. The summed E-state index contributed by atoms with van der Waals surface area (Å²) >= 11 is 0. The van der Waals surface area contributed by atoms with E-state index in [1.807, 2.05) is 185 Å². The fraction of sp³-hybridized carbons (Fsp3) is 0.475. The number of Topliss-reactive ketones (excluding diaryl/α,β-unsaturated/α-hetero) is 1. The Bertz CT molecular complexity index is 3680. The van der Waals surface area contributed by atoms with Gasteiger partial charge in [-0.1, -0.05) is 149 Å². The maximum atomic E-state index is 15.5. The van der Waals surface area contributed by atoms with Gasteiger partial charge in [0.2, 0.25) is 17.7 Å². The lowest BCUT2D eigenvalue weighted by Crippen LogP contribution is -2.56. The van der Waals surface area contributed by atoms with Crippen LogP contribution in [0.5, 0.6) is 0 Å². The first-order chi connectivity index (χ1) is 47.5. The van der Waals surface area contributed by atoms with Crippen molar-refractivity contribution in [3.63, 3.8) is 0 Å². The molecular weight excluding hydrogens is 1230 g/mol. The highest BCUT2D eigenvalue weighted by atomic mass is 16.2. The monoisotopic (exact) mass is 1330 g/mol. The molecule has 8 atom stereocenters. The summed E-state index contributed by atoms with van der Waals surface area (Å²) in [4.78, 5) is 125. The molecule has 2 aromatic heterocycles. The molecule has 5 aromatic carbocycles. The molecule has 2 saturated carbocycles. The van der Waals surface area contributed by atoms with Crippen LogP contribution in [0.3, 0.4) is 0 Å². The number of carbonyl (C=O) groups excluding carboxylic acids is 8. The number of fused-ring (bicyclic) bond motifs is 2. The molecule has 7 aromatic rings. The van der Waals surface area contributed by atoms with Crippen LogP contribution in [0.1, 0.15) is 163 Å². The predicted octanol–water partition coefficient (Wildman–Crippen LogP) is 10.7. The van der Waals surface area contributed by atoms with Crippen LogP contribution in [0.25, 0.3) is 21.8 Å². The summed E-state index contributed by atoms with van der Waals surface area (Å²) < 4.78 is 3.84. The van der Waals surface area contributed by atoms with Crippen molar-refractivity contribution in [3.05, 3.63) is 179 Å². The molecule has 11 rings (SSSR count). The molecule has 18 nitrogen and oxygen atoms in total. The molecule has 0 bridgehead atoms. The molecule has 18 heteroatoms. The number of carbonyl (C=O) groups is 8. The van der Waals surface area contributed by atoms with E-state index in [-0.39, 0.29) is 91.6 Å². The Morgan fingerprint density at radius 2 is 0.959 bits per heavy atom. The summed E-state index contributed by atoms with van der Waals surface area (Å²) in [5, 5.41) is 14.7. The van der Waals surface area contributed by atoms with Crippen LogP contribution in [0.15, 0.2) is 146 Å². The SMILES string of the molecule is CC[C@@H](C)C(=O)N[C@H](C(=O)N1C[C@@H](NC(=O)c2ccc(C(=O)N[C@H]3C[C@@H](CN(CCc4ccccc4)C(=O)c4cc5ccccc5n4C)N(C(=O)[C@@H](CC(=O)[C@H](C)NC)C4CCCCC4)C3)cc2)C[C@H]1CN(CCc1ccccc1)C(=O)c1cc2ccccc2n1C)C1CCCCC1. The van der Waals surface area contributed by atoms with E-state index in [0.29, 0.717) is 67.7 Å². The second kappa shape index (κ2) is 32.6. The van der Waals surface area contributed by atoms with E-state index in [1.54, 1.807) is 31.3 Å². The van der Waals surface area contributed by atoms with Crippen LogP contribution in [0.2, 0.25) is 0 Å². The van der Waals surface area contributed by atoms with Crippen LogP contribution in [0.4, 0.5) is 0 Å². The highest BCUT2D eigenvalue weighted by Crippen LogP contribution is 2.37. The van der Waals surface area contributed by atoms with E-state index >= 15 is 19.2 Å². The standard InChI is InChI=1S/C80H100N10O8/c1-7-53(2)74(92)84-73(58-30-18-11-19-31-58)80(98)90-50-64(47-66(90)52-88(43-41-56-26-14-9-15-27-56)79(97)71-45-62-33-21-23-35-69(62)86(71)6)83-76(94)60-38-36-59(37-39-60)75(93)82-63-46-65(89(49-63)77(95)67(48-72(91)54(3)81-4)57-28-16-10-17-29-57)51-87(42-40-55-24-12-8-13-25-55)78(96)70-44-61-32-20-22-34-68(61)85(70)5/h8-9,12-15,20-27,32-39,44-45,53-54,57-58,63-67,73,81H,7,10-11,16-19,28-31,40-43,46-52H2,1-6H3,(H,82,93)(H,83,94)(H,84,92)/t53-,54+,63+,64+,65+,66+,67+,73+/m1/s1. The van der Waals surface area contributed by atoms with Crippen molar-refractivity contribution < 1.29 is 38.4 Å². The number of nitrogens with one attached hydrogen (secondary N) is 4. The van der Waals surface area contributed by atoms with E-state index in [9.17, 15) is 19.2 Å². The van der Waals surface area contributed by atoms with Gasteiger partial charge >= 0.3 is 0 Å². The highest BCUT2D eigenvalue weighted by molar-refractivity contribution is 6.01. The van der Waals surface area contributed by atoms with Crippen molar-refractivity contribution in [3.8, 4) is 0 Å². The third-order valence-electron chi connectivity index (χ3n) is 21.9. The molecule has 2 aliphatic carbocycles. The summed E-state index contributed by atoms with van der Waals surface area (Å²) in [6.07, 6.45) is 11.9. The Hall–Kier alpha value is -8.90. The summed E-state index contributed by atoms with van der Waals surface area (Å²) in [6, 6.07) is 42.9. The van der Waals surface area contributed by atoms with Crippen LogP contribution >= 0.6 is 0 Å². The first-order valence-electron chi connectivity index (χ1n) is 36.0. The van der Waals surface area contributed by atoms with Crippen molar-refractivity contribution in [1.82, 2.24) is 50.0 Å². The van der Waals surface area contributed by atoms with Crippen molar-refractivity contribution in [2.24, 2.45) is 37.8 Å². The lowest BCUT2D eigenvalue weighted by Gasteiger charge is -2.37. The van der Waals surface area contributed by atoms with Crippen LogP contribution < -0.4 is 21.3 Å². The molecule has 0 radical (unpaired) electrons. The number of rotatable bonds is 27. The fourth-order valence-electron chi connectivity index (χ4n) is 15.7. The van der Waals surface area contributed by atoms with E-state index in [0.717, 1.165) is 97.1 Å². The number of nitrogens with zero attached hydrogens (tertiary/aromatic N) is 6. The van der Waals surface area contributed by atoms with Gasteiger partial charge in [-0.05, 0) is 143 Å². The highest BCUT2D eigenvalue weighted by Gasteiger charge is 2.46. The molecule has 4 N–H and O–H groups in total. The normalized spacial score (nSPS) is 19.6. The van der Waals surface area contributed by atoms with Gasteiger partial charge in [-0.2, -0.15) is 0 Å². The largest absolute Gasteiger partial charge is 0.347 e. The number of hydrogen-bond acceptors (Lipinski definition) is 9. The second-order valence-electron chi connectivity index (χ2n) is 28.3. The molecule has 4 fully saturated rings. The zero-order valence-corrected chi connectivity index (χ0v) is 58.1. The van der Waals surface area contributed by atoms with Gasteiger partial charge in [0.15, 0.2) is 0 Å². The molecule has 2 saturated heterocycles. The number of aryl methyl sites for hydroxylation is 2. The molecule has 2 aliphatic heterocycles. The number of benzene rings is 5. The molecule has 4 aliphatic rings. The third-order valence-corrected chi connectivity index (χ3v) is 21.9. The summed E-state index contributed by atoms with van der Waals surface area (Å²) in [5.41, 5.74) is 5.64. The minimum Gasteiger partial charge on any atom is -0.347 e. The number of likely N-dealkylation sites (tertiary alicyclic amines) is 2. The average molecular weight is 1330 g/mol. The van der Waals surface area contributed by atoms with Gasteiger partial charge in [0.1, 0.15) is 23.2 Å². The Kier molecular flexibility index (Phi) is 23.5. The minimum atomic E-state index is -0.774. The number of hydrogen-bond donors (Lipinski definition) is 4. The lowest BCUT2D eigenvalue weighted by atomic mass is 9.76. The topological polar surface area (TPSA) is 208 Å². The van der Waals surface area contributed by atoms with Crippen molar-refractivity contribution in [1.29, 1.82) is 0 Å². The van der Waals surface area contributed by atoms with Gasteiger partial charge in [-0.25, -0.2) is 0 Å². The zero-order chi connectivity index (χ0) is 69.0. The third kappa shape index (κ3) is 16.6. The zero-order valence-electron chi connectivity index (χ0n) is 58.1. The smallest absolute Gasteiger partial charge is 0.270 e. The minimum absolute atomic E-state index is 0.0159. The van der Waals surface area contributed by atoms with Gasteiger partial charge in [-0.15, -0.1) is 0 Å². The van der Waals surface area contributed by atoms with Gasteiger partial charge in [0.25, 0.3) is 23.6 Å². The lowest BCUT2D eigenvalue weighted by molar-refractivity contribution is -0.142. The second-order valence-corrected chi connectivity index (χ2v) is 28.3. The molecule has 7 amide bonds. The van der Waals surface area contributed by atoms with E-state index in [1.165, 1.54) is 0 Å². The Labute approximate surface area is 577 Å². The van der Waals surface area contributed by atoms with Crippen LogP contribution in [-0.2, 0) is 46.1 Å². The average Bonchev–Trinajstić information content (AvgIpc) is 1.64. The van der Waals surface area contributed by atoms with Crippen molar-refractivity contribution >= 4 is 68.9 Å². The van der Waals surface area contributed by atoms with Crippen molar-refractivity contribution in [2.75, 3.05) is 46.3 Å². The predicted molar refractivity (Wildman–Crippen MR) is 383 cm³/mol. The molecule has 0 unspecified atom stereocenters. The summed E-state index contributed by atoms with van der Waals surface area (Å²) in [5.74, 6) is -2.57. The number of aromatic nitrogens is 2. The fourth-order valence-corrected chi connectivity index (χ4v) is 15.7. The maximum absolute atomic E-state index is 15.5. The molecule has 98 heavy (non-hydrogen) atoms. The number of para-hydroxylation sites is 2. The molecule has 0 spiro atoms. The maximum Gasteiger partial charge on any atom is 0.270 e. The first-order valence-corrected chi connectivity index (χ1v) is 36.0. The number of likely N-dealkylation sites (N-methyl/N-ethyl adjacent to an activating group) is 1. The van der Waals surface area contributed by atoms with Crippen LogP contribution in [-0.4, -0.2) is 158 Å². The molecule has 518 valence electrons. The quantitative estimate of drug-likeness (QED) is 0.0386. The van der Waals surface area contributed by atoms with Crippen molar-refractivity contribution in [2.45, 2.75) is 160 Å². The Morgan fingerprint density at radius 3 is 1.40 bits per heavy atom. The van der Waals surface area contributed by atoms with Gasteiger partial charge < -0.3 is 50.0 Å². The number of ketones is 1. The van der Waals surface area contributed by atoms with Gasteiger partial charge in [-0.3, -0.25) is 38.4 Å². The summed E-state index contributed by atoms with van der Waals surface area (Å²) in [6.45, 7) is 7.14. The molecular formula is C80H100N10O8. The summed E-state index contributed by atoms with van der Waals surface area (Å²) in [7, 11) is 5.54. The first kappa shape index (κ1) is 70.4. The number of amides is 7. The van der Waals surface area contributed by atoms with Gasteiger partial charge in [0.05, 0.1) is 18.1 Å². The van der Waals surface area contributed by atoms with Gasteiger partial charge in [0, 0.05) is 117 Å². The Morgan fingerprint density at radius 1 is 0.531 bits per heavy atom. The van der Waals surface area contributed by atoms with E-state index < -0.39 is 48.1 Å².